The Hall–Kier alpha value is -1.68. The van der Waals surface area contributed by atoms with E-state index in [1.807, 2.05) is 0 Å². The summed E-state index contributed by atoms with van der Waals surface area (Å²) in [6.45, 7) is 1.52. The van der Waals surface area contributed by atoms with Crippen LogP contribution in [0.2, 0.25) is 0 Å². The van der Waals surface area contributed by atoms with Crippen LogP contribution in [0.25, 0.3) is 0 Å². The van der Waals surface area contributed by atoms with E-state index in [1.54, 1.807) is 0 Å². The number of hydrogen-bond donors (Lipinski definition) is 0. The van der Waals surface area contributed by atoms with E-state index < -0.39 is 0 Å². The van der Waals surface area contributed by atoms with Gasteiger partial charge >= 0.3 is 0 Å². The first-order chi connectivity index (χ1) is 10.9. The van der Waals surface area contributed by atoms with E-state index in [4.69, 9.17) is 14.2 Å². The largest absolute Gasteiger partial charge is 0.381 e. The molecule has 0 bridgehead atoms. The fraction of sp³-hybridized carbons (Fsp3) is 0.556. The predicted molar refractivity (Wildman–Crippen MR) is 82.8 cm³/mol. The topological polar surface area (TPSA) is 48.2 Å². The molecule has 0 radical (unpaired) electrons. The summed E-state index contributed by atoms with van der Waals surface area (Å²) < 4.78 is 11.2. The molecule has 1 saturated carbocycles. The van der Waals surface area contributed by atoms with E-state index in [0.717, 1.165) is 44.2 Å². The number of rotatable bonds is 3. The van der Waals surface area contributed by atoms with Gasteiger partial charge in [0.1, 0.15) is 0 Å². The van der Waals surface area contributed by atoms with Crippen molar-refractivity contribution in [1.29, 1.82) is 0 Å². The molecule has 2 aromatic rings. The first kappa shape index (κ1) is 13.9. The van der Waals surface area contributed by atoms with Gasteiger partial charge in [0.15, 0.2) is 5.82 Å². The average molecular weight is 298 g/mol. The molecule has 1 aliphatic carbocycles. The third kappa shape index (κ3) is 2.35. The zero-order valence-electron chi connectivity index (χ0n) is 12.8. The molecule has 1 saturated heterocycles. The zero-order chi connectivity index (χ0) is 14.8. The zero-order valence-corrected chi connectivity index (χ0v) is 12.8. The number of hydrogen-bond acceptors (Lipinski definition) is 4. The highest BCUT2D eigenvalue weighted by Crippen LogP contribution is 2.44. The maximum absolute atomic E-state index is 5.76. The third-order valence-electron chi connectivity index (χ3n) is 5.18. The van der Waals surface area contributed by atoms with Gasteiger partial charge in [0.05, 0.1) is 12.0 Å². The van der Waals surface area contributed by atoms with Crippen molar-refractivity contribution < 1.29 is 9.26 Å². The number of ether oxygens (including phenoxy) is 1. The highest BCUT2D eigenvalue weighted by molar-refractivity contribution is 5.32. The molecule has 1 aromatic carbocycles. The Morgan fingerprint density at radius 2 is 1.86 bits per heavy atom. The molecule has 1 aromatic heterocycles. The first-order valence-electron chi connectivity index (χ1n) is 8.36. The van der Waals surface area contributed by atoms with Gasteiger partial charge in [-0.2, -0.15) is 4.98 Å². The fourth-order valence-electron chi connectivity index (χ4n) is 3.87. The summed E-state index contributed by atoms with van der Waals surface area (Å²) >= 11 is 0. The van der Waals surface area contributed by atoms with E-state index in [0.29, 0.717) is 5.92 Å². The van der Waals surface area contributed by atoms with Crippen LogP contribution in [0.5, 0.6) is 0 Å². The van der Waals surface area contributed by atoms with Gasteiger partial charge in [-0.15, -0.1) is 0 Å². The quantitative estimate of drug-likeness (QED) is 0.864. The molecule has 4 nitrogen and oxygen atoms in total. The fourth-order valence-corrected chi connectivity index (χ4v) is 3.87. The van der Waals surface area contributed by atoms with Crippen LogP contribution in [0, 0.1) is 0 Å². The Bertz CT molecular complexity index is 611. The van der Waals surface area contributed by atoms with Crippen molar-refractivity contribution in [3.05, 3.63) is 47.6 Å². The molecule has 22 heavy (non-hydrogen) atoms. The lowest BCUT2D eigenvalue weighted by atomic mass is 9.69. The molecule has 0 spiro atoms. The van der Waals surface area contributed by atoms with Crippen LogP contribution in [-0.4, -0.2) is 23.4 Å². The molecule has 2 fully saturated rings. The van der Waals surface area contributed by atoms with Gasteiger partial charge < -0.3 is 9.26 Å². The van der Waals surface area contributed by atoms with Gasteiger partial charge in [-0.3, -0.25) is 0 Å². The highest BCUT2D eigenvalue weighted by Gasteiger charge is 2.41. The lowest BCUT2D eigenvalue weighted by Crippen LogP contribution is -2.31. The third-order valence-corrected chi connectivity index (χ3v) is 5.18. The second-order valence-corrected chi connectivity index (χ2v) is 6.53. The van der Waals surface area contributed by atoms with Crippen molar-refractivity contribution in [3.8, 4) is 0 Å². The molecule has 1 aliphatic heterocycles. The second-order valence-electron chi connectivity index (χ2n) is 6.53. The number of benzene rings is 1. The Labute approximate surface area is 130 Å². The lowest BCUT2D eigenvalue weighted by molar-refractivity contribution is 0.192. The molecule has 2 heterocycles. The first-order valence-corrected chi connectivity index (χ1v) is 8.36. The number of aromatic nitrogens is 2. The van der Waals surface area contributed by atoms with Gasteiger partial charge in [0, 0.05) is 12.5 Å². The Morgan fingerprint density at radius 3 is 2.59 bits per heavy atom. The van der Waals surface area contributed by atoms with Gasteiger partial charge in [0.25, 0.3) is 0 Å². The summed E-state index contributed by atoms with van der Waals surface area (Å²) in [5.41, 5.74) is 1.22. The number of nitrogens with zero attached hydrogens (tertiary/aromatic N) is 2. The molecule has 0 N–H and O–H groups in total. The van der Waals surface area contributed by atoms with Crippen LogP contribution in [0.3, 0.4) is 0 Å². The highest BCUT2D eigenvalue weighted by atomic mass is 16.5. The maximum Gasteiger partial charge on any atom is 0.237 e. The molecule has 4 heteroatoms. The van der Waals surface area contributed by atoms with Crippen molar-refractivity contribution in [2.24, 2.45) is 0 Å². The van der Waals surface area contributed by atoms with E-state index in [9.17, 15) is 0 Å². The Morgan fingerprint density at radius 1 is 1.05 bits per heavy atom. The second kappa shape index (κ2) is 5.84. The monoisotopic (exact) mass is 298 g/mol. The Balaban J connectivity index is 1.72. The van der Waals surface area contributed by atoms with Crippen LogP contribution in [-0.2, 0) is 10.2 Å². The van der Waals surface area contributed by atoms with Gasteiger partial charge in [-0.05, 0) is 24.8 Å². The lowest BCUT2D eigenvalue weighted by Gasteiger charge is -2.34. The molecule has 116 valence electrons. The molecule has 4 rings (SSSR count). The molecule has 0 amide bonds. The summed E-state index contributed by atoms with van der Waals surface area (Å²) in [5, 5.41) is 4.28. The molecule has 1 atom stereocenters. The van der Waals surface area contributed by atoms with Gasteiger partial charge in [-0.1, -0.05) is 54.8 Å². The van der Waals surface area contributed by atoms with Crippen molar-refractivity contribution in [3.63, 3.8) is 0 Å². The van der Waals surface area contributed by atoms with Crippen LogP contribution in [0.1, 0.15) is 61.7 Å². The smallest absolute Gasteiger partial charge is 0.237 e. The minimum Gasteiger partial charge on any atom is -0.381 e. The van der Waals surface area contributed by atoms with Gasteiger partial charge in [-0.25, -0.2) is 0 Å². The summed E-state index contributed by atoms with van der Waals surface area (Å²) in [5.74, 6) is 1.93. The average Bonchev–Trinajstić information content (AvgIpc) is 3.28. The molecule has 1 unspecified atom stereocenters. The van der Waals surface area contributed by atoms with Crippen LogP contribution in [0.15, 0.2) is 34.9 Å². The van der Waals surface area contributed by atoms with Crippen molar-refractivity contribution in [2.45, 2.75) is 49.9 Å². The summed E-state index contributed by atoms with van der Waals surface area (Å²) in [4.78, 5) is 4.81. The van der Waals surface area contributed by atoms with E-state index in [1.165, 1.54) is 24.8 Å². The molecule has 2 aliphatic rings. The van der Waals surface area contributed by atoms with Crippen LogP contribution < -0.4 is 0 Å². The maximum atomic E-state index is 5.76. The normalized spacial score (nSPS) is 24.5. The van der Waals surface area contributed by atoms with E-state index in [-0.39, 0.29) is 5.41 Å². The van der Waals surface area contributed by atoms with E-state index >= 15 is 0 Å². The minimum absolute atomic E-state index is 0.0930. The summed E-state index contributed by atoms with van der Waals surface area (Å²) in [6, 6.07) is 10.7. The van der Waals surface area contributed by atoms with Crippen LogP contribution in [0.4, 0.5) is 0 Å². The van der Waals surface area contributed by atoms with Gasteiger partial charge in [0.2, 0.25) is 5.89 Å². The van der Waals surface area contributed by atoms with Crippen molar-refractivity contribution in [2.75, 3.05) is 13.2 Å². The SMILES string of the molecule is c1ccc(C2(c3nc(C4CCOC4)no3)CCCCC2)cc1. The molecular formula is C18H22N2O2. The predicted octanol–water partition coefficient (Wildman–Crippen LogP) is 3.82. The molecular weight excluding hydrogens is 276 g/mol. The standard InChI is InChI=1S/C18H22N2O2/c1-3-7-15(8-4-1)18(10-5-2-6-11-18)17-19-16(20-22-17)14-9-12-21-13-14/h1,3-4,7-8,14H,2,5-6,9-13H2. The van der Waals surface area contributed by atoms with Crippen molar-refractivity contribution >= 4 is 0 Å². The summed E-state index contributed by atoms with van der Waals surface area (Å²) in [7, 11) is 0. The van der Waals surface area contributed by atoms with E-state index in [2.05, 4.69) is 35.5 Å². The van der Waals surface area contributed by atoms with Crippen LogP contribution >= 0.6 is 0 Å². The summed E-state index contributed by atoms with van der Waals surface area (Å²) in [6.07, 6.45) is 6.93. The Kier molecular flexibility index (Phi) is 3.70. The minimum atomic E-state index is -0.0930. The van der Waals surface area contributed by atoms with Crippen molar-refractivity contribution in [1.82, 2.24) is 10.1 Å².